The monoisotopic (exact) mass is 367 g/mol. The van der Waals surface area contributed by atoms with E-state index in [0.717, 1.165) is 44.1 Å². The summed E-state index contributed by atoms with van der Waals surface area (Å²) in [6.45, 7) is 7.16. The van der Waals surface area contributed by atoms with Gasteiger partial charge in [-0.1, -0.05) is 19.1 Å². The topological polar surface area (TPSA) is 61.9 Å². The van der Waals surface area contributed by atoms with E-state index < -0.39 is 5.97 Å². The predicted molar refractivity (Wildman–Crippen MR) is 107 cm³/mol. The second kappa shape index (κ2) is 8.68. The molecule has 0 aromatic heterocycles. The highest BCUT2D eigenvalue weighted by Gasteiger charge is 2.19. The molecule has 1 heterocycles. The number of amides is 1. The maximum Gasteiger partial charge on any atom is 0.337 e. The van der Waals surface area contributed by atoms with Gasteiger partial charge in [0, 0.05) is 31.7 Å². The van der Waals surface area contributed by atoms with Crippen molar-refractivity contribution in [1.82, 2.24) is 4.90 Å². The molecule has 1 fully saturated rings. The second-order valence-corrected chi connectivity index (χ2v) is 6.46. The van der Waals surface area contributed by atoms with E-state index in [1.54, 1.807) is 24.3 Å². The Hall–Kier alpha value is -2.86. The van der Waals surface area contributed by atoms with Gasteiger partial charge in [0.05, 0.1) is 24.0 Å². The van der Waals surface area contributed by atoms with Crippen LogP contribution in [0.25, 0.3) is 0 Å². The van der Waals surface area contributed by atoms with Crippen molar-refractivity contribution >= 4 is 23.3 Å². The summed E-state index contributed by atoms with van der Waals surface area (Å²) in [4.78, 5) is 28.9. The third-order valence-corrected chi connectivity index (χ3v) is 4.88. The highest BCUT2D eigenvalue weighted by Crippen LogP contribution is 2.27. The number of benzene rings is 2. The zero-order valence-electron chi connectivity index (χ0n) is 15.8. The molecular weight excluding hydrogens is 342 g/mol. The van der Waals surface area contributed by atoms with Crippen molar-refractivity contribution in [2.45, 2.75) is 6.92 Å². The summed E-state index contributed by atoms with van der Waals surface area (Å²) in [5.74, 6) is -0.621. The molecule has 0 saturated carbocycles. The number of nitrogens with zero attached hydrogens (tertiary/aromatic N) is 2. The third kappa shape index (κ3) is 4.46. The lowest BCUT2D eigenvalue weighted by atomic mass is 10.1. The zero-order valence-corrected chi connectivity index (χ0v) is 15.8. The molecule has 3 rings (SSSR count). The fourth-order valence-electron chi connectivity index (χ4n) is 3.23. The molecule has 6 nitrogen and oxygen atoms in total. The van der Waals surface area contributed by atoms with Crippen LogP contribution in [0, 0.1) is 0 Å². The molecule has 1 saturated heterocycles. The summed E-state index contributed by atoms with van der Waals surface area (Å²) in [7, 11) is 1.33. The molecule has 0 aliphatic carbocycles. The lowest BCUT2D eigenvalue weighted by molar-refractivity contribution is 0.0600. The molecule has 0 spiro atoms. The first-order valence-corrected chi connectivity index (χ1v) is 9.18. The molecule has 0 bridgehead atoms. The van der Waals surface area contributed by atoms with Gasteiger partial charge in [0.1, 0.15) is 0 Å². The molecule has 2 aromatic carbocycles. The molecule has 1 aliphatic heterocycles. The third-order valence-electron chi connectivity index (χ3n) is 4.88. The Bertz CT molecular complexity index is 797. The van der Waals surface area contributed by atoms with Crippen LogP contribution in [0.1, 0.15) is 27.6 Å². The van der Waals surface area contributed by atoms with Gasteiger partial charge in [0.2, 0.25) is 0 Å². The maximum atomic E-state index is 12.6. The average molecular weight is 367 g/mol. The maximum absolute atomic E-state index is 12.6. The van der Waals surface area contributed by atoms with E-state index in [4.69, 9.17) is 0 Å². The molecule has 1 amide bonds. The van der Waals surface area contributed by atoms with Gasteiger partial charge in [0.15, 0.2) is 0 Å². The second-order valence-electron chi connectivity index (χ2n) is 6.46. The number of likely N-dealkylation sites (N-methyl/N-ethyl adjacent to an activating group) is 1. The first kappa shape index (κ1) is 18.9. The number of ether oxygens (including phenoxy) is 1. The van der Waals surface area contributed by atoms with E-state index in [1.165, 1.54) is 7.11 Å². The van der Waals surface area contributed by atoms with Gasteiger partial charge in [-0.05, 0) is 42.9 Å². The largest absolute Gasteiger partial charge is 0.465 e. The number of para-hydroxylation sites is 2. The van der Waals surface area contributed by atoms with Crippen molar-refractivity contribution < 1.29 is 14.3 Å². The summed E-state index contributed by atoms with van der Waals surface area (Å²) < 4.78 is 4.68. The van der Waals surface area contributed by atoms with Crippen LogP contribution in [0.5, 0.6) is 0 Å². The predicted octanol–water partition coefficient (Wildman–Crippen LogP) is 2.87. The van der Waals surface area contributed by atoms with E-state index in [-0.39, 0.29) is 5.91 Å². The minimum Gasteiger partial charge on any atom is -0.465 e. The Morgan fingerprint density at radius 2 is 1.59 bits per heavy atom. The summed E-state index contributed by atoms with van der Waals surface area (Å²) in [5.41, 5.74) is 2.74. The number of methoxy groups -OCH3 is 1. The molecule has 142 valence electrons. The van der Waals surface area contributed by atoms with Crippen molar-refractivity contribution in [2.75, 3.05) is 50.1 Å². The van der Waals surface area contributed by atoms with Crippen molar-refractivity contribution in [3.8, 4) is 0 Å². The molecular formula is C21H25N3O3. The Morgan fingerprint density at radius 3 is 2.22 bits per heavy atom. The molecule has 0 atom stereocenters. The van der Waals surface area contributed by atoms with Gasteiger partial charge in [-0.25, -0.2) is 4.79 Å². The Kier molecular flexibility index (Phi) is 6.08. The minimum atomic E-state index is -0.418. The lowest BCUT2D eigenvalue weighted by Crippen LogP contribution is -2.46. The van der Waals surface area contributed by atoms with Crippen LogP contribution >= 0.6 is 0 Å². The van der Waals surface area contributed by atoms with Crippen LogP contribution in [-0.4, -0.2) is 56.6 Å². The molecule has 0 unspecified atom stereocenters. The van der Waals surface area contributed by atoms with Crippen molar-refractivity contribution in [1.29, 1.82) is 0 Å². The molecule has 2 aromatic rings. The standard InChI is InChI=1S/C21H25N3O3/c1-3-23-12-14-24(15-13-23)19-7-5-4-6-18(19)22-20(25)16-8-10-17(11-9-16)21(26)27-2/h4-11H,3,12-15H2,1-2H3,(H,22,25). The number of anilines is 2. The van der Waals surface area contributed by atoms with Crippen LogP contribution in [0.15, 0.2) is 48.5 Å². The van der Waals surface area contributed by atoms with Crippen molar-refractivity contribution in [3.63, 3.8) is 0 Å². The number of carbonyl (C=O) groups excluding carboxylic acids is 2. The first-order chi connectivity index (χ1) is 13.1. The normalized spacial score (nSPS) is 14.7. The molecule has 27 heavy (non-hydrogen) atoms. The number of carbonyl (C=O) groups is 2. The van der Waals surface area contributed by atoms with Gasteiger partial charge in [-0.15, -0.1) is 0 Å². The quantitative estimate of drug-likeness (QED) is 0.824. The Morgan fingerprint density at radius 1 is 0.963 bits per heavy atom. The Labute approximate surface area is 159 Å². The number of nitrogens with one attached hydrogen (secondary N) is 1. The van der Waals surface area contributed by atoms with Crippen LogP contribution in [0.4, 0.5) is 11.4 Å². The summed E-state index contributed by atoms with van der Waals surface area (Å²) in [5, 5.41) is 3.00. The van der Waals surface area contributed by atoms with E-state index >= 15 is 0 Å². The van der Waals surface area contributed by atoms with Crippen molar-refractivity contribution in [3.05, 3.63) is 59.7 Å². The fourth-order valence-corrected chi connectivity index (χ4v) is 3.23. The Balaban J connectivity index is 1.72. The van der Waals surface area contributed by atoms with E-state index in [0.29, 0.717) is 11.1 Å². The number of rotatable bonds is 5. The average Bonchev–Trinajstić information content (AvgIpc) is 2.73. The van der Waals surface area contributed by atoms with Crippen LogP contribution < -0.4 is 10.2 Å². The molecule has 1 aliphatic rings. The zero-order chi connectivity index (χ0) is 19.2. The fraction of sp³-hybridized carbons (Fsp3) is 0.333. The van der Waals surface area contributed by atoms with Gasteiger partial charge < -0.3 is 19.9 Å². The summed E-state index contributed by atoms with van der Waals surface area (Å²) in [6, 6.07) is 14.3. The SMILES string of the molecule is CCN1CCN(c2ccccc2NC(=O)c2ccc(C(=O)OC)cc2)CC1. The highest BCUT2D eigenvalue weighted by molar-refractivity contribution is 6.06. The summed E-state index contributed by atoms with van der Waals surface area (Å²) in [6.07, 6.45) is 0. The molecule has 0 radical (unpaired) electrons. The van der Waals surface area contributed by atoms with E-state index in [2.05, 4.69) is 26.8 Å². The minimum absolute atomic E-state index is 0.203. The van der Waals surface area contributed by atoms with Gasteiger partial charge in [-0.2, -0.15) is 0 Å². The van der Waals surface area contributed by atoms with Gasteiger partial charge in [0.25, 0.3) is 5.91 Å². The van der Waals surface area contributed by atoms with Crippen LogP contribution in [-0.2, 0) is 4.74 Å². The molecule has 6 heteroatoms. The number of esters is 1. The first-order valence-electron chi connectivity index (χ1n) is 9.18. The number of hydrogen-bond donors (Lipinski definition) is 1. The highest BCUT2D eigenvalue weighted by atomic mass is 16.5. The summed E-state index contributed by atoms with van der Waals surface area (Å²) >= 11 is 0. The van der Waals surface area contributed by atoms with Crippen LogP contribution in [0.2, 0.25) is 0 Å². The molecule has 1 N–H and O–H groups in total. The lowest BCUT2D eigenvalue weighted by Gasteiger charge is -2.36. The smallest absolute Gasteiger partial charge is 0.337 e. The van der Waals surface area contributed by atoms with Gasteiger partial charge in [-0.3, -0.25) is 4.79 Å². The van der Waals surface area contributed by atoms with Crippen LogP contribution in [0.3, 0.4) is 0 Å². The van der Waals surface area contributed by atoms with E-state index in [1.807, 2.05) is 24.3 Å². The number of hydrogen-bond acceptors (Lipinski definition) is 5. The number of piperazine rings is 1. The van der Waals surface area contributed by atoms with Gasteiger partial charge >= 0.3 is 5.97 Å². The van der Waals surface area contributed by atoms with Crippen molar-refractivity contribution in [2.24, 2.45) is 0 Å². The van der Waals surface area contributed by atoms with E-state index in [9.17, 15) is 9.59 Å².